The summed E-state index contributed by atoms with van der Waals surface area (Å²) >= 11 is 5.37. The zero-order chi connectivity index (χ0) is 25.2. The summed E-state index contributed by atoms with van der Waals surface area (Å²) in [6.45, 7) is 16.4. The van der Waals surface area contributed by atoms with Crippen LogP contribution in [0, 0.1) is 6.92 Å². The highest BCUT2D eigenvalue weighted by Crippen LogP contribution is 2.31. The van der Waals surface area contributed by atoms with Crippen LogP contribution < -0.4 is 20.5 Å². The third-order valence-corrected chi connectivity index (χ3v) is 5.30. The Hall–Kier alpha value is -2.29. The monoisotopic (exact) mass is 475 g/mol. The van der Waals surface area contributed by atoms with Gasteiger partial charge in [0.15, 0.2) is 11.5 Å². The van der Waals surface area contributed by atoms with Crippen molar-refractivity contribution in [2.75, 3.05) is 27.2 Å². The highest BCUT2D eigenvalue weighted by atomic mass is 32.1. The van der Waals surface area contributed by atoms with E-state index in [0.717, 1.165) is 36.5 Å². The van der Waals surface area contributed by atoms with Crippen molar-refractivity contribution in [3.05, 3.63) is 47.0 Å². The molecule has 1 unspecified atom stereocenters. The largest absolute Gasteiger partial charge is 0.493 e. The number of aromatic nitrogens is 2. The zero-order valence-corrected chi connectivity index (χ0v) is 22.5. The van der Waals surface area contributed by atoms with Gasteiger partial charge in [-0.1, -0.05) is 41.5 Å². The highest BCUT2D eigenvalue weighted by molar-refractivity contribution is 7.80. The third-order valence-electron chi connectivity index (χ3n) is 5.10. The maximum absolute atomic E-state index is 6.22. The summed E-state index contributed by atoms with van der Waals surface area (Å²) in [5.74, 6) is 1.94. The van der Waals surface area contributed by atoms with Crippen LogP contribution in [-0.2, 0) is 11.8 Å². The fraction of sp³-hybridized carbons (Fsp3) is 0.560. The van der Waals surface area contributed by atoms with Crippen LogP contribution in [0.5, 0.6) is 11.5 Å². The second-order valence-corrected chi connectivity index (χ2v) is 9.05. The maximum Gasteiger partial charge on any atom is 0.263 e. The van der Waals surface area contributed by atoms with E-state index in [9.17, 15) is 0 Å². The molecule has 1 heterocycles. The molecular formula is C25H41N5O2S. The minimum absolute atomic E-state index is 0.124. The molecule has 7 nitrogen and oxygen atoms in total. The van der Waals surface area contributed by atoms with E-state index >= 15 is 0 Å². The fourth-order valence-corrected chi connectivity index (χ4v) is 3.12. The average molecular weight is 476 g/mol. The Balaban J connectivity index is 0.00000265. The average Bonchev–Trinajstić information content (AvgIpc) is 2.79. The second-order valence-electron chi connectivity index (χ2n) is 8.68. The van der Waals surface area contributed by atoms with Crippen LogP contribution in [0.15, 0.2) is 24.5 Å². The quantitative estimate of drug-likeness (QED) is 0.426. The van der Waals surface area contributed by atoms with Crippen molar-refractivity contribution < 1.29 is 9.47 Å². The van der Waals surface area contributed by atoms with Crippen LogP contribution in [0.2, 0.25) is 0 Å². The molecule has 3 N–H and O–H groups in total. The van der Waals surface area contributed by atoms with Crippen molar-refractivity contribution in [3.63, 3.8) is 0 Å². The molecule has 0 aliphatic rings. The first-order valence-electron chi connectivity index (χ1n) is 11.5. The number of nitrogens with two attached hydrogens (primary N) is 1. The van der Waals surface area contributed by atoms with Crippen molar-refractivity contribution >= 4 is 17.4 Å². The Bertz CT molecular complexity index is 882. The topological polar surface area (TPSA) is 85.5 Å². The summed E-state index contributed by atoms with van der Waals surface area (Å²) in [4.78, 5) is 11.1. The number of likely N-dealkylation sites (N-methyl/N-ethyl adjacent to an activating group) is 1. The molecule has 0 aliphatic carbocycles. The lowest BCUT2D eigenvalue weighted by Gasteiger charge is -2.20. The number of rotatable bonds is 8. The van der Waals surface area contributed by atoms with Crippen LogP contribution in [0.1, 0.15) is 70.2 Å². The predicted octanol–water partition coefficient (Wildman–Crippen LogP) is 4.52. The van der Waals surface area contributed by atoms with E-state index in [-0.39, 0.29) is 10.6 Å². The molecule has 0 spiro atoms. The molecule has 0 fully saturated rings. The molecule has 8 heteroatoms. The summed E-state index contributed by atoms with van der Waals surface area (Å²) in [7, 11) is 3.73. The number of benzene rings is 1. The van der Waals surface area contributed by atoms with Crippen LogP contribution in [0.3, 0.4) is 0 Å². The van der Waals surface area contributed by atoms with Gasteiger partial charge in [0, 0.05) is 29.9 Å². The molecule has 0 saturated carbocycles. The number of nitrogens with one attached hydrogen (secondary N) is 1. The van der Waals surface area contributed by atoms with Gasteiger partial charge in [-0.2, -0.15) is 0 Å². The smallest absolute Gasteiger partial charge is 0.263 e. The molecule has 0 aliphatic heterocycles. The Morgan fingerprint density at radius 1 is 1.18 bits per heavy atom. The SMILES string of the molecule is CC.CCN(C)CCc1cc(OC)c(OC(=S)NC(N)c2cnc(C(C)(C)C)nc2)cc1C. The molecule has 2 rings (SSSR count). The highest BCUT2D eigenvalue weighted by Gasteiger charge is 2.18. The van der Waals surface area contributed by atoms with Gasteiger partial charge in [0.25, 0.3) is 5.17 Å². The molecule has 0 amide bonds. The van der Waals surface area contributed by atoms with Crippen molar-refractivity contribution in [1.29, 1.82) is 0 Å². The van der Waals surface area contributed by atoms with Crippen LogP contribution in [0.25, 0.3) is 0 Å². The van der Waals surface area contributed by atoms with E-state index in [0.29, 0.717) is 11.5 Å². The van der Waals surface area contributed by atoms with Gasteiger partial charge in [0.2, 0.25) is 0 Å². The lowest BCUT2D eigenvalue weighted by Crippen LogP contribution is -2.36. The first-order valence-corrected chi connectivity index (χ1v) is 11.9. The Labute approximate surface area is 205 Å². The number of hydrogen-bond donors (Lipinski definition) is 2. The minimum Gasteiger partial charge on any atom is -0.493 e. The Kier molecular flexibility index (Phi) is 11.7. The standard InChI is InChI=1S/C23H35N5O2S.C2H6/c1-8-28(6)10-9-16-12-18(29-7)19(11-15(16)2)30-22(31)27-20(24)17-13-25-21(26-14-17)23(3,4)5;1-2/h11-14,20H,8-10,24H2,1-7H3,(H,27,31);1-2H3. The second kappa shape index (κ2) is 13.4. The van der Waals surface area contributed by atoms with Gasteiger partial charge in [-0.15, -0.1) is 0 Å². The fourth-order valence-electron chi connectivity index (χ4n) is 2.91. The van der Waals surface area contributed by atoms with Gasteiger partial charge in [0.1, 0.15) is 12.0 Å². The molecule has 2 aromatic rings. The van der Waals surface area contributed by atoms with Gasteiger partial charge >= 0.3 is 0 Å². The Morgan fingerprint density at radius 3 is 2.30 bits per heavy atom. The first kappa shape index (κ1) is 28.7. The van der Waals surface area contributed by atoms with Crippen molar-refractivity contribution in [2.45, 2.75) is 66.5 Å². The van der Waals surface area contributed by atoms with Crippen molar-refractivity contribution in [3.8, 4) is 11.5 Å². The first-order chi connectivity index (χ1) is 15.5. The molecule has 1 atom stereocenters. The van der Waals surface area contributed by atoms with Gasteiger partial charge in [-0.05, 0) is 62.4 Å². The summed E-state index contributed by atoms with van der Waals surface area (Å²) in [5.41, 5.74) is 9.16. The van der Waals surface area contributed by atoms with E-state index in [1.165, 1.54) is 5.56 Å². The van der Waals surface area contributed by atoms with Crippen molar-refractivity contribution in [1.82, 2.24) is 20.2 Å². The predicted molar refractivity (Wildman–Crippen MR) is 140 cm³/mol. The van der Waals surface area contributed by atoms with Crippen LogP contribution in [-0.4, -0.2) is 47.3 Å². The number of hydrogen-bond acceptors (Lipinski definition) is 7. The third kappa shape index (κ3) is 8.87. The Morgan fingerprint density at radius 2 is 1.79 bits per heavy atom. The zero-order valence-electron chi connectivity index (χ0n) is 21.7. The minimum atomic E-state index is -0.586. The lowest BCUT2D eigenvalue weighted by molar-refractivity contribution is 0.356. The molecule has 184 valence electrons. The van der Waals surface area contributed by atoms with Gasteiger partial charge in [0.05, 0.1) is 7.11 Å². The van der Waals surface area contributed by atoms with E-state index in [1.54, 1.807) is 19.5 Å². The van der Waals surface area contributed by atoms with Crippen molar-refractivity contribution in [2.24, 2.45) is 5.73 Å². The molecule has 0 saturated heterocycles. The van der Waals surface area contributed by atoms with Crippen LogP contribution in [0.4, 0.5) is 0 Å². The summed E-state index contributed by atoms with van der Waals surface area (Å²) in [5, 5.41) is 3.14. The van der Waals surface area contributed by atoms with Gasteiger partial charge < -0.3 is 25.4 Å². The number of methoxy groups -OCH3 is 1. The summed E-state index contributed by atoms with van der Waals surface area (Å²) in [6.07, 6.45) is 3.77. The molecule has 1 aromatic heterocycles. The van der Waals surface area contributed by atoms with Crippen LogP contribution >= 0.6 is 12.2 Å². The van der Waals surface area contributed by atoms with E-state index in [1.807, 2.05) is 26.0 Å². The van der Waals surface area contributed by atoms with E-state index < -0.39 is 6.17 Å². The number of thiocarbonyl (C=S) groups is 1. The molecule has 1 aromatic carbocycles. The number of nitrogens with zero attached hydrogens (tertiary/aromatic N) is 3. The normalized spacial score (nSPS) is 12.0. The molecule has 0 bridgehead atoms. The van der Waals surface area contributed by atoms with E-state index in [4.69, 9.17) is 27.4 Å². The number of aryl methyl sites for hydroxylation is 1. The van der Waals surface area contributed by atoms with Gasteiger partial charge in [-0.25, -0.2) is 9.97 Å². The summed E-state index contributed by atoms with van der Waals surface area (Å²) in [6, 6.07) is 3.95. The molecule has 33 heavy (non-hydrogen) atoms. The number of ether oxygens (including phenoxy) is 2. The molecule has 0 radical (unpaired) electrons. The lowest BCUT2D eigenvalue weighted by atomic mass is 9.96. The molecular weight excluding hydrogens is 434 g/mol. The van der Waals surface area contributed by atoms with Gasteiger partial charge in [-0.3, -0.25) is 0 Å². The maximum atomic E-state index is 6.22. The summed E-state index contributed by atoms with van der Waals surface area (Å²) < 4.78 is 11.4. The van der Waals surface area contributed by atoms with E-state index in [2.05, 4.69) is 61.9 Å².